The quantitative estimate of drug-likeness (QED) is 0.758. The second-order valence-corrected chi connectivity index (χ2v) is 5.13. The average Bonchev–Trinajstić information content (AvgIpc) is 3.19. The van der Waals surface area contributed by atoms with Gasteiger partial charge in [0.15, 0.2) is 0 Å². The number of imidazole rings is 1. The van der Waals surface area contributed by atoms with Gasteiger partial charge in [0.2, 0.25) is 0 Å². The van der Waals surface area contributed by atoms with Crippen LogP contribution in [0.15, 0.2) is 36.5 Å². The summed E-state index contributed by atoms with van der Waals surface area (Å²) in [5, 5.41) is 0. The Balaban J connectivity index is 1.67. The van der Waals surface area contributed by atoms with Crippen LogP contribution in [-0.4, -0.2) is 46.5 Å². The number of aromatic nitrogens is 3. The van der Waals surface area contributed by atoms with E-state index < -0.39 is 0 Å². The number of ether oxygens (including phenoxy) is 1. The van der Waals surface area contributed by atoms with Gasteiger partial charge in [0.05, 0.1) is 18.1 Å². The van der Waals surface area contributed by atoms with E-state index >= 15 is 0 Å². The van der Waals surface area contributed by atoms with E-state index in [1.165, 1.54) is 0 Å². The van der Waals surface area contributed by atoms with Gasteiger partial charge in [-0.05, 0) is 24.3 Å². The smallest absolute Gasteiger partial charge is 0.270 e. The highest BCUT2D eigenvalue weighted by Gasteiger charge is 2.13. The Kier molecular flexibility index (Phi) is 3.82. The lowest BCUT2D eigenvalue weighted by Crippen LogP contribution is -2.29. The van der Waals surface area contributed by atoms with Crippen molar-refractivity contribution in [2.45, 2.75) is 6.42 Å². The van der Waals surface area contributed by atoms with Crippen LogP contribution >= 0.6 is 0 Å². The number of aromatic amines is 2. The highest BCUT2D eigenvalue weighted by Crippen LogP contribution is 2.18. The maximum atomic E-state index is 12.1. The first-order chi connectivity index (χ1) is 10.7. The predicted molar refractivity (Wildman–Crippen MR) is 84.1 cm³/mol. The van der Waals surface area contributed by atoms with Crippen LogP contribution in [0.1, 0.15) is 16.3 Å². The fraction of sp³-hybridized carbons (Fsp3) is 0.250. The molecule has 3 aromatic rings. The summed E-state index contributed by atoms with van der Waals surface area (Å²) in [5.41, 5.74) is 2.43. The molecule has 0 aliphatic heterocycles. The fourth-order valence-corrected chi connectivity index (χ4v) is 2.33. The molecule has 2 N–H and O–H groups in total. The summed E-state index contributed by atoms with van der Waals surface area (Å²) >= 11 is 0. The fourth-order valence-electron chi connectivity index (χ4n) is 2.33. The maximum Gasteiger partial charge on any atom is 0.270 e. The number of amides is 1. The molecule has 2 heterocycles. The molecule has 114 valence electrons. The van der Waals surface area contributed by atoms with Crippen LogP contribution in [0.2, 0.25) is 0 Å². The molecule has 3 rings (SSSR count). The van der Waals surface area contributed by atoms with Gasteiger partial charge in [-0.25, -0.2) is 4.98 Å². The standard InChI is InChI=1S/C16H18N4O2/c1-20(16(21)13-4-3-8-17-13)9-7-15-18-12-6-5-11(22-2)10-14(12)19-15/h3-6,8,10,17H,7,9H2,1-2H3,(H,18,19). The van der Waals surface area contributed by atoms with Gasteiger partial charge in [0.1, 0.15) is 17.3 Å². The summed E-state index contributed by atoms with van der Waals surface area (Å²) in [4.78, 5) is 24.5. The van der Waals surface area contributed by atoms with Gasteiger partial charge >= 0.3 is 0 Å². The Morgan fingerprint density at radius 1 is 1.36 bits per heavy atom. The van der Waals surface area contributed by atoms with Crippen LogP contribution in [0.5, 0.6) is 5.75 Å². The SMILES string of the molecule is COc1ccc2nc(CCN(C)C(=O)c3ccc[nH]3)[nH]c2c1. The molecule has 1 aromatic carbocycles. The number of likely N-dealkylation sites (N-methyl/N-ethyl adjacent to an activating group) is 1. The molecule has 6 heteroatoms. The summed E-state index contributed by atoms with van der Waals surface area (Å²) in [6.07, 6.45) is 2.41. The third-order valence-corrected chi connectivity index (χ3v) is 3.60. The monoisotopic (exact) mass is 298 g/mol. The second kappa shape index (κ2) is 5.93. The number of fused-ring (bicyclic) bond motifs is 1. The molecule has 2 aromatic heterocycles. The minimum absolute atomic E-state index is 0.0252. The molecule has 1 amide bonds. The van der Waals surface area contributed by atoms with Crippen molar-refractivity contribution in [2.24, 2.45) is 0 Å². The molecule has 0 atom stereocenters. The van der Waals surface area contributed by atoms with Gasteiger partial charge in [-0.3, -0.25) is 4.79 Å². The zero-order valence-electron chi connectivity index (χ0n) is 12.6. The van der Waals surface area contributed by atoms with E-state index in [4.69, 9.17) is 4.74 Å². The number of H-pyrrole nitrogens is 2. The first kappa shape index (κ1) is 14.2. The molecule has 0 fully saturated rings. The molecular weight excluding hydrogens is 280 g/mol. The third kappa shape index (κ3) is 2.81. The van der Waals surface area contributed by atoms with Gasteiger partial charge < -0.3 is 19.6 Å². The van der Waals surface area contributed by atoms with E-state index in [1.54, 1.807) is 31.3 Å². The molecular formula is C16H18N4O2. The number of carbonyl (C=O) groups is 1. The third-order valence-electron chi connectivity index (χ3n) is 3.60. The zero-order chi connectivity index (χ0) is 15.5. The van der Waals surface area contributed by atoms with E-state index in [0.29, 0.717) is 18.7 Å². The Labute approximate surface area is 128 Å². The summed E-state index contributed by atoms with van der Waals surface area (Å²) in [5.74, 6) is 1.62. The topological polar surface area (TPSA) is 74.0 Å². The molecule has 0 aliphatic carbocycles. The van der Waals surface area contributed by atoms with E-state index in [-0.39, 0.29) is 5.91 Å². The molecule has 6 nitrogen and oxygen atoms in total. The van der Waals surface area contributed by atoms with Crippen molar-refractivity contribution in [1.82, 2.24) is 19.9 Å². The van der Waals surface area contributed by atoms with Crippen LogP contribution in [0.3, 0.4) is 0 Å². The summed E-state index contributed by atoms with van der Waals surface area (Å²) in [6, 6.07) is 9.30. The van der Waals surface area contributed by atoms with Gasteiger partial charge in [0.25, 0.3) is 5.91 Å². The molecule has 0 radical (unpaired) electrons. The van der Waals surface area contributed by atoms with Crippen molar-refractivity contribution >= 4 is 16.9 Å². The molecule has 0 saturated heterocycles. The van der Waals surface area contributed by atoms with Crippen molar-refractivity contribution in [2.75, 3.05) is 20.7 Å². The molecule has 0 saturated carbocycles. The first-order valence-electron chi connectivity index (χ1n) is 7.09. The van der Waals surface area contributed by atoms with Gasteiger partial charge in [-0.2, -0.15) is 0 Å². The van der Waals surface area contributed by atoms with E-state index in [9.17, 15) is 4.79 Å². The van der Waals surface area contributed by atoms with Crippen LogP contribution in [-0.2, 0) is 6.42 Å². The average molecular weight is 298 g/mol. The van der Waals surface area contributed by atoms with Gasteiger partial charge in [-0.1, -0.05) is 0 Å². The second-order valence-electron chi connectivity index (χ2n) is 5.13. The van der Waals surface area contributed by atoms with Crippen molar-refractivity contribution in [3.8, 4) is 5.75 Å². The molecule has 0 spiro atoms. The number of nitrogens with zero attached hydrogens (tertiary/aromatic N) is 2. The summed E-state index contributed by atoms with van der Waals surface area (Å²) in [7, 11) is 3.43. The predicted octanol–water partition coefficient (Wildman–Crippen LogP) is 2.21. The normalized spacial score (nSPS) is 10.8. The number of hydrogen-bond donors (Lipinski definition) is 2. The lowest BCUT2D eigenvalue weighted by atomic mass is 10.3. The lowest BCUT2D eigenvalue weighted by molar-refractivity contribution is 0.0791. The minimum atomic E-state index is -0.0252. The van der Waals surface area contributed by atoms with Crippen LogP contribution in [0.4, 0.5) is 0 Å². The number of benzene rings is 1. The van der Waals surface area contributed by atoms with Gasteiger partial charge in [0, 0.05) is 32.3 Å². The number of rotatable bonds is 5. The molecule has 0 unspecified atom stereocenters. The Morgan fingerprint density at radius 2 is 2.23 bits per heavy atom. The largest absolute Gasteiger partial charge is 0.497 e. The minimum Gasteiger partial charge on any atom is -0.497 e. The number of nitrogens with one attached hydrogen (secondary N) is 2. The van der Waals surface area contributed by atoms with Crippen molar-refractivity contribution in [1.29, 1.82) is 0 Å². The van der Waals surface area contributed by atoms with Crippen LogP contribution in [0.25, 0.3) is 11.0 Å². The van der Waals surface area contributed by atoms with E-state index in [1.807, 2.05) is 24.3 Å². The number of methoxy groups -OCH3 is 1. The Hall–Kier alpha value is -2.76. The summed E-state index contributed by atoms with van der Waals surface area (Å²) in [6.45, 7) is 0.592. The molecule has 0 aliphatic rings. The number of carbonyl (C=O) groups excluding carboxylic acids is 1. The summed E-state index contributed by atoms with van der Waals surface area (Å²) < 4.78 is 5.20. The highest BCUT2D eigenvalue weighted by molar-refractivity contribution is 5.92. The zero-order valence-corrected chi connectivity index (χ0v) is 12.6. The van der Waals surface area contributed by atoms with Crippen molar-refractivity contribution in [3.63, 3.8) is 0 Å². The first-order valence-corrected chi connectivity index (χ1v) is 7.09. The Bertz CT molecular complexity index is 777. The van der Waals surface area contributed by atoms with Crippen LogP contribution < -0.4 is 4.74 Å². The van der Waals surface area contributed by atoms with E-state index in [0.717, 1.165) is 22.6 Å². The molecule has 0 bridgehead atoms. The van der Waals surface area contributed by atoms with Crippen LogP contribution in [0, 0.1) is 0 Å². The van der Waals surface area contributed by atoms with E-state index in [2.05, 4.69) is 15.0 Å². The van der Waals surface area contributed by atoms with Crippen molar-refractivity contribution < 1.29 is 9.53 Å². The van der Waals surface area contributed by atoms with Gasteiger partial charge in [-0.15, -0.1) is 0 Å². The Morgan fingerprint density at radius 3 is 2.95 bits per heavy atom. The maximum absolute atomic E-state index is 12.1. The molecule has 22 heavy (non-hydrogen) atoms. The highest BCUT2D eigenvalue weighted by atomic mass is 16.5. The lowest BCUT2D eigenvalue weighted by Gasteiger charge is -2.15. The van der Waals surface area contributed by atoms with Crippen molar-refractivity contribution in [3.05, 3.63) is 48.0 Å². The number of hydrogen-bond acceptors (Lipinski definition) is 3.